The molecule has 94 valence electrons. The predicted molar refractivity (Wildman–Crippen MR) is 79.0 cm³/mol. The first kappa shape index (κ1) is 11.1. The van der Waals surface area contributed by atoms with Crippen LogP contribution in [-0.4, -0.2) is 22.7 Å². The highest BCUT2D eigenvalue weighted by atomic mass is 32.1. The molecular weight excluding hydrogens is 254 g/mol. The minimum Gasteiger partial charge on any atom is -0.327 e. The molecule has 1 aromatic carbocycles. The third-order valence-electron chi connectivity index (χ3n) is 4.16. The summed E-state index contributed by atoms with van der Waals surface area (Å²) in [6.45, 7) is 2.94. The number of hydrogen-bond donors (Lipinski definition) is 0. The van der Waals surface area contributed by atoms with Crippen molar-refractivity contribution in [2.45, 2.75) is 19.4 Å². The van der Waals surface area contributed by atoms with Crippen LogP contribution in [0.15, 0.2) is 46.4 Å². The Morgan fingerprint density at radius 1 is 1.32 bits per heavy atom. The number of nitrogens with zero attached hydrogens (tertiary/aromatic N) is 1. The second kappa shape index (κ2) is 3.87. The molecule has 0 unspecified atom stereocenters. The van der Waals surface area contributed by atoms with Crippen molar-refractivity contribution in [2.75, 3.05) is 6.54 Å². The molecule has 0 fully saturated rings. The van der Waals surface area contributed by atoms with Gasteiger partial charge in [-0.2, -0.15) is 0 Å². The van der Waals surface area contributed by atoms with E-state index in [0.717, 1.165) is 18.5 Å². The van der Waals surface area contributed by atoms with Gasteiger partial charge in [-0.05, 0) is 30.5 Å². The fourth-order valence-electron chi connectivity index (χ4n) is 3.25. The molecule has 3 aliphatic heterocycles. The number of hydrogen-bond acceptors (Lipinski definition) is 1. The lowest BCUT2D eigenvalue weighted by atomic mass is 9.99. The van der Waals surface area contributed by atoms with Crippen molar-refractivity contribution in [3.05, 3.63) is 57.5 Å². The number of rotatable bonds is 0. The number of carbonyl (C=O) groups excluding carboxylic acids is 1. The maximum absolute atomic E-state index is 12.5. The lowest BCUT2D eigenvalue weighted by molar-refractivity contribution is 0.0747. The van der Waals surface area contributed by atoms with Crippen LogP contribution in [0.4, 0.5) is 0 Å². The van der Waals surface area contributed by atoms with Gasteiger partial charge in [0.15, 0.2) is 5.37 Å². The summed E-state index contributed by atoms with van der Waals surface area (Å²) in [5.74, 6) is 0.187. The van der Waals surface area contributed by atoms with E-state index in [1.54, 1.807) is 11.4 Å². The van der Waals surface area contributed by atoms with Crippen molar-refractivity contribution >= 4 is 22.6 Å². The standard InChI is InChI=1S/C16H14NOS/c1-10-8-14-12-4-2-3-5-13(12)16(18)17(14)9-11-6-7-19-15(10)11/h2-7,14H,8-9H2,1H3/q+1/t14-/m1/s1. The fraction of sp³-hybridized carbons (Fsp3) is 0.250. The molecule has 1 aromatic rings. The van der Waals surface area contributed by atoms with E-state index >= 15 is 0 Å². The summed E-state index contributed by atoms with van der Waals surface area (Å²) < 4.78 is 0. The average Bonchev–Trinajstić information content (AvgIpc) is 2.95. The molecule has 3 aliphatic rings. The van der Waals surface area contributed by atoms with Gasteiger partial charge in [0.2, 0.25) is 16.3 Å². The van der Waals surface area contributed by atoms with Crippen molar-refractivity contribution in [3.63, 3.8) is 0 Å². The van der Waals surface area contributed by atoms with Crippen LogP contribution in [0.1, 0.15) is 35.3 Å². The molecule has 19 heavy (non-hydrogen) atoms. The van der Waals surface area contributed by atoms with Gasteiger partial charge in [-0.15, -0.1) is 0 Å². The van der Waals surface area contributed by atoms with Gasteiger partial charge in [0.1, 0.15) is 0 Å². The molecule has 2 nitrogen and oxygen atoms in total. The lowest BCUT2D eigenvalue weighted by Gasteiger charge is -2.22. The van der Waals surface area contributed by atoms with E-state index in [2.05, 4.69) is 24.4 Å². The van der Waals surface area contributed by atoms with E-state index in [1.165, 1.54) is 21.6 Å². The first-order chi connectivity index (χ1) is 9.25. The van der Waals surface area contributed by atoms with Gasteiger partial charge in [-0.1, -0.05) is 18.2 Å². The van der Waals surface area contributed by atoms with E-state index in [-0.39, 0.29) is 11.9 Å². The van der Waals surface area contributed by atoms with Gasteiger partial charge in [0, 0.05) is 17.2 Å². The van der Waals surface area contributed by atoms with Gasteiger partial charge in [0.05, 0.1) is 12.6 Å². The summed E-state index contributed by atoms with van der Waals surface area (Å²) in [4.78, 5) is 16.0. The Bertz CT molecular complexity index is 684. The van der Waals surface area contributed by atoms with Gasteiger partial charge < -0.3 is 4.90 Å². The van der Waals surface area contributed by atoms with Crippen molar-refractivity contribution in [1.29, 1.82) is 0 Å². The molecular formula is C16H14NOS+. The lowest BCUT2D eigenvalue weighted by Crippen LogP contribution is -2.29. The van der Waals surface area contributed by atoms with Gasteiger partial charge in [0.25, 0.3) is 5.91 Å². The largest absolute Gasteiger partial charge is 0.327 e. The molecule has 3 heteroatoms. The summed E-state index contributed by atoms with van der Waals surface area (Å²) in [7, 11) is 0. The van der Waals surface area contributed by atoms with Gasteiger partial charge in [-0.25, -0.2) is 0 Å². The topological polar surface area (TPSA) is 20.3 Å². The first-order valence-corrected chi connectivity index (χ1v) is 7.43. The maximum atomic E-state index is 12.5. The number of carbonyl (C=O) groups is 1. The van der Waals surface area contributed by atoms with Crippen LogP contribution >= 0.6 is 0 Å². The van der Waals surface area contributed by atoms with Crippen LogP contribution in [-0.2, 0) is 11.4 Å². The van der Waals surface area contributed by atoms with Crippen molar-refractivity contribution in [1.82, 2.24) is 4.90 Å². The average molecular weight is 268 g/mol. The molecule has 1 amide bonds. The highest BCUT2D eigenvalue weighted by molar-refractivity contribution is 7.82. The molecule has 0 saturated carbocycles. The zero-order valence-electron chi connectivity index (χ0n) is 10.7. The Morgan fingerprint density at radius 2 is 2.16 bits per heavy atom. The molecule has 0 aliphatic carbocycles. The number of fused-ring (bicyclic) bond motifs is 4. The number of allylic oxidation sites excluding steroid dienone is 1. The van der Waals surface area contributed by atoms with Crippen LogP contribution < -0.4 is 0 Å². The summed E-state index contributed by atoms with van der Waals surface area (Å²) in [5.41, 5.74) is 4.79. The van der Waals surface area contributed by atoms with Crippen molar-refractivity contribution in [2.24, 2.45) is 0 Å². The Hall–Kier alpha value is -1.74. The van der Waals surface area contributed by atoms with E-state index in [4.69, 9.17) is 0 Å². The van der Waals surface area contributed by atoms with Crippen LogP contribution in [0.5, 0.6) is 0 Å². The number of benzene rings is 1. The van der Waals surface area contributed by atoms with Crippen LogP contribution in [0.3, 0.4) is 0 Å². The normalized spacial score (nSPS) is 24.1. The quantitative estimate of drug-likeness (QED) is 0.523. The first-order valence-electron chi connectivity index (χ1n) is 6.55. The van der Waals surface area contributed by atoms with E-state index in [0.29, 0.717) is 0 Å². The smallest absolute Gasteiger partial charge is 0.255 e. The zero-order valence-corrected chi connectivity index (χ0v) is 11.5. The van der Waals surface area contributed by atoms with Crippen molar-refractivity contribution < 1.29 is 4.79 Å². The minimum atomic E-state index is 0.187. The summed E-state index contributed by atoms with van der Waals surface area (Å²) in [5, 5.41) is 2.13. The Kier molecular flexibility index (Phi) is 2.27. The molecule has 0 bridgehead atoms. The van der Waals surface area contributed by atoms with Crippen LogP contribution in [0.25, 0.3) is 0 Å². The zero-order chi connectivity index (χ0) is 13.0. The summed E-state index contributed by atoms with van der Waals surface area (Å²) >= 11 is 1.79. The summed E-state index contributed by atoms with van der Waals surface area (Å²) in [6, 6.07) is 8.27. The van der Waals surface area contributed by atoms with Crippen molar-refractivity contribution in [3.8, 4) is 0 Å². The third-order valence-corrected chi connectivity index (χ3v) is 5.28. The van der Waals surface area contributed by atoms with Gasteiger partial charge >= 0.3 is 0 Å². The molecule has 0 aromatic heterocycles. The molecule has 0 N–H and O–H groups in total. The molecule has 4 rings (SSSR count). The molecule has 0 spiro atoms. The maximum Gasteiger partial charge on any atom is 0.255 e. The predicted octanol–water partition coefficient (Wildman–Crippen LogP) is 2.69. The van der Waals surface area contributed by atoms with E-state index in [9.17, 15) is 4.79 Å². The van der Waals surface area contributed by atoms with E-state index < -0.39 is 0 Å². The second-order valence-corrected chi connectivity index (χ2v) is 6.21. The summed E-state index contributed by atoms with van der Waals surface area (Å²) in [6.07, 6.45) is 3.11. The van der Waals surface area contributed by atoms with Crippen LogP contribution in [0, 0.1) is 0 Å². The Labute approximate surface area is 116 Å². The van der Waals surface area contributed by atoms with E-state index in [1.807, 2.05) is 23.1 Å². The Morgan fingerprint density at radius 3 is 3.05 bits per heavy atom. The SMILES string of the molecule is CC1=C2[S+]=CC=C2CN2C(=O)c3ccccc3[C@H]2C1. The van der Waals surface area contributed by atoms with Crippen LogP contribution in [0.2, 0.25) is 0 Å². The Balaban J connectivity index is 1.85. The molecule has 1 atom stereocenters. The van der Waals surface area contributed by atoms with Gasteiger partial charge in [-0.3, -0.25) is 4.79 Å². The fourth-order valence-corrected chi connectivity index (χ4v) is 4.19. The third kappa shape index (κ3) is 1.48. The number of amides is 1. The highest BCUT2D eigenvalue weighted by Gasteiger charge is 2.41. The monoisotopic (exact) mass is 268 g/mol. The molecule has 0 saturated heterocycles. The minimum absolute atomic E-state index is 0.187. The highest BCUT2D eigenvalue weighted by Crippen LogP contribution is 2.42. The molecule has 3 heterocycles. The second-order valence-electron chi connectivity index (χ2n) is 5.30. The molecule has 0 radical (unpaired) electrons.